The fourth-order valence-corrected chi connectivity index (χ4v) is 4.62. The molecule has 0 fully saturated rings. The van der Waals surface area contributed by atoms with Crippen LogP contribution in [0, 0.1) is 6.92 Å². The van der Waals surface area contributed by atoms with Crippen molar-refractivity contribution in [1.82, 2.24) is 9.73 Å². The third kappa shape index (κ3) is 6.90. The summed E-state index contributed by atoms with van der Waals surface area (Å²) < 4.78 is 27.7. The Kier molecular flexibility index (Phi) is 8.44. The number of carbonyl (C=O) groups is 1. The van der Waals surface area contributed by atoms with E-state index in [0.717, 1.165) is 26.7 Å². The van der Waals surface area contributed by atoms with Gasteiger partial charge in [-0.1, -0.05) is 53.6 Å². The van der Waals surface area contributed by atoms with Crippen LogP contribution in [-0.2, 0) is 21.4 Å². The van der Waals surface area contributed by atoms with E-state index in [1.807, 2.05) is 74.4 Å². The van der Waals surface area contributed by atoms with Gasteiger partial charge in [0.25, 0.3) is 5.91 Å². The van der Waals surface area contributed by atoms with E-state index in [-0.39, 0.29) is 11.4 Å². The first kappa shape index (κ1) is 25.4. The monoisotopic (exact) mass is 498 g/mol. The van der Waals surface area contributed by atoms with Gasteiger partial charge in [-0.25, -0.2) is 13.8 Å². The maximum absolute atomic E-state index is 13.3. The van der Waals surface area contributed by atoms with E-state index >= 15 is 0 Å². The Labute approximate surface area is 205 Å². The van der Waals surface area contributed by atoms with Gasteiger partial charge in [-0.05, 0) is 54.4 Å². The molecule has 178 valence electrons. The number of aryl methyl sites for hydroxylation is 1. The fourth-order valence-electron chi connectivity index (χ4n) is 3.11. The lowest BCUT2D eigenvalue weighted by Gasteiger charge is -2.21. The Balaban J connectivity index is 1.75. The second kappa shape index (κ2) is 11.3. The largest absolute Gasteiger partial charge is 0.378 e. The SMILES string of the molecule is Cc1ccc(CN(CC(=O)N/N=C\c2ccc(N(C)C)cc2)S(=O)(=O)c2ccc(Cl)cc2)cc1. The maximum Gasteiger partial charge on any atom is 0.255 e. The highest BCUT2D eigenvalue weighted by molar-refractivity contribution is 7.89. The van der Waals surface area contributed by atoms with Crippen LogP contribution in [0.15, 0.2) is 82.8 Å². The number of nitrogens with zero attached hydrogens (tertiary/aromatic N) is 3. The lowest BCUT2D eigenvalue weighted by Crippen LogP contribution is -2.39. The van der Waals surface area contributed by atoms with Crippen molar-refractivity contribution in [3.8, 4) is 0 Å². The normalized spacial score (nSPS) is 11.7. The minimum absolute atomic E-state index is 0.0361. The molecule has 0 aliphatic heterocycles. The van der Waals surface area contributed by atoms with Crippen LogP contribution < -0.4 is 10.3 Å². The summed E-state index contributed by atoms with van der Waals surface area (Å²) in [6.07, 6.45) is 1.51. The standard InChI is InChI=1S/C25H27ClN4O3S/c1-19-4-6-21(7-5-19)17-30(34(32,33)24-14-10-22(26)11-15-24)18-25(31)28-27-16-20-8-12-23(13-9-20)29(2)3/h4-16H,17-18H2,1-3H3,(H,28,31)/b27-16-. The molecule has 34 heavy (non-hydrogen) atoms. The Morgan fingerprint density at radius 3 is 2.18 bits per heavy atom. The zero-order valence-corrected chi connectivity index (χ0v) is 20.8. The number of benzene rings is 3. The van der Waals surface area contributed by atoms with E-state index in [0.29, 0.717) is 5.02 Å². The van der Waals surface area contributed by atoms with Gasteiger partial charge in [-0.2, -0.15) is 9.41 Å². The average Bonchev–Trinajstić information content (AvgIpc) is 2.80. The number of anilines is 1. The molecule has 0 atom stereocenters. The molecule has 3 aromatic rings. The van der Waals surface area contributed by atoms with Crippen molar-refractivity contribution < 1.29 is 13.2 Å². The molecular weight excluding hydrogens is 472 g/mol. The molecule has 0 aromatic heterocycles. The molecule has 3 aromatic carbocycles. The first-order chi connectivity index (χ1) is 16.1. The number of carbonyl (C=O) groups excluding carboxylic acids is 1. The topological polar surface area (TPSA) is 82.1 Å². The summed E-state index contributed by atoms with van der Waals surface area (Å²) >= 11 is 5.91. The molecule has 3 rings (SSSR count). The highest BCUT2D eigenvalue weighted by Gasteiger charge is 2.27. The second-order valence-corrected chi connectivity index (χ2v) is 10.4. The van der Waals surface area contributed by atoms with Crippen LogP contribution in [0.1, 0.15) is 16.7 Å². The van der Waals surface area contributed by atoms with Crippen molar-refractivity contribution in [2.75, 3.05) is 25.5 Å². The summed E-state index contributed by atoms with van der Waals surface area (Å²) in [6, 6.07) is 21.0. The van der Waals surface area contributed by atoms with Crippen LogP contribution in [0.4, 0.5) is 5.69 Å². The van der Waals surface area contributed by atoms with E-state index in [1.165, 1.54) is 30.5 Å². The number of hydrogen-bond acceptors (Lipinski definition) is 5. The van der Waals surface area contributed by atoms with Crippen LogP contribution >= 0.6 is 11.6 Å². The Bertz CT molecular complexity index is 1240. The average molecular weight is 499 g/mol. The summed E-state index contributed by atoms with van der Waals surface area (Å²) in [5, 5.41) is 4.40. The van der Waals surface area contributed by atoms with Gasteiger partial charge in [0.15, 0.2) is 0 Å². The Morgan fingerprint density at radius 1 is 0.971 bits per heavy atom. The molecule has 0 saturated heterocycles. The number of amides is 1. The van der Waals surface area contributed by atoms with Crippen LogP contribution in [0.5, 0.6) is 0 Å². The molecule has 0 aliphatic rings. The molecule has 1 N–H and O–H groups in total. The zero-order chi connectivity index (χ0) is 24.7. The first-order valence-corrected chi connectivity index (χ1v) is 12.4. The summed E-state index contributed by atoms with van der Waals surface area (Å²) in [7, 11) is -0.0576. The Morgan fingerprint density at radius 2 is 1.59 bits per heavy atom. The van der Waals surface area contributed by atoms with Gasteiger partial charge in [0.2, 0.25) is 10.0 Å². The van der Waals surface area contributed by atoms with E-state index in [9.17, 15) is 13.2 Å². The number of hydrazone groups is 1. The molecule has 0 saturated carbocycles. The molecule has 0 heterocycles. The van der Waals surface area contributed by atoms with Gasteiger partial charge >= 0.3 is 0 Å². The number of nitrogens with one attached hydrogen (secondary N) is 1. The van der Waals surface area contributed by atoms with E-state index in [4.69, 9.17) is 11.6 Å². The number of rotatable bonds is 9. The van der Waals surface area contributed by atoms with Crippen LogP contribution in [0.3, 0.4) is 0 Å². The molecule has 0 spiro atoms. The summed E-state index contributed by atoms with van der Waals surface area (Å²) in [4.78, 5) is 14.6. The number of sulfonamides is 1. The molecule has 0 unspecified atom stereocenters. The number of hydrogen-bond donors (Lipinski definition) is 1. The van der Waals surface area contributed by atoms with Gasteiger partial charge in [0.1, 0.15) is 0 Å². The second-order valence-electron chi connectivity index (χ2n) is 7.99. The quantitative estimate of drug-likeness (QED) is 0.356. The van der Waals surface area contributed by atoms with E-state index in [2.05, 4.69) is 10.5 Å². The van der Waals surface area contributed by atoms with Crippen molar-refractivity contribution in [2.24, 2.45) is 5.10 Å². The first-order valence-electron chi connectivity index (χ1n) is 10.6. The Hall–Kier alpha value is -3.20. The minimum atomic E-state index is -3.95. The van der Waals surface area contributed by atoms with Gasteiger partial charge in [-0.3, -0.25) is 4.79 Å². The van der Waals surface area contributed by atoms with Crippen molar-refractivity contribution in [3.63, 3.8) is 0 Å². The van der Waals surface area contributed by atoms with Crippen molar-refractivity contribution in [3.05, 3.63) is 94.5 Å². The number of halogens is 1. The summed E-state index contributed by atoms with van der Waals surface area (Å²) in [5.41, 5.74) is 6.08. The molecule has 0 radical (unpaired) electrons. The molecule has 7 nitrogen and oxygen atoms in total. The lowest BCUT2D eigenvalue weighted by molar-refractivity contribution is -0.121. The van der Waals surface area contributed by atoms with Crippen molar-refractivity contribution in [1.29, 1.82) is 0 Å². The summed E-state index contributed by atoms with van der Waals surface area (Å²) in [5.74, 6) is -0.550. The summed E-state index contributed by atoms with van der Waals surface area (Å²) in [6.45, 7) is 1.59. The molecular formula is C25H27ClN4O3S. The van der Waals surface area contributed by atoms with Gasteiger partial charge in [0, 0.05) is 31.4 Å². The predicted molar refractivity (Wildman–Crippen MR) is 137 cm³/mol. The fraction of sp³-hybridized carbons (Fsp3) is 0.200. The molecule has 1 amide bonds. The smallest absolute Gasteiger partial charge is 0.255 e. The maximum atomic E-state index is 13.3. The van der Waals surface area contributed by atoms with Crippen LogP contribution in [0.25, 0.3) is 0 Å². The van der Waals surface area contributed by atoms with Gasteiger partial charge < -0.3 is 4.90 Å². The minimum Gasteiger partial charge on any atom is -0.378 e. The molecule has 9 heteroatoms. The zero-order valence-electron chi connectivity index (χ0n) is 19.3. The highest BCUT2D eigenvalue weighted by atomic mass is 35.5. The van der Waals surface area contributed by atoms with Crippen LogP contribution in [0.2, 0.25) is 5.02 Å². The lowest BCUT2D eigenvalue weighted by atomic mass is 10.1. The van der Waals surface area contributed by atoms with E-state index < -0.39 is 22.5 Å². The third-order valence-corrected chi connectivity index (χ3v) is 7.12. The van der Waals surface area contributed by atoms with Crippen LogP contribution in [-0.4, -0.2) is 45.5 Å². The molecule has 0 bridgehead atoms. The van der Waals surface area contributed by atoms with Crippen molar-refractivity contribution >= 4 is 39.4 Å². The third-order valence-electron chi connectivity index (χ3n) is 5.06. The highest BCUT2D eigenvalue weighted by Crippen LogP contribution is 2.20. The van der Waals surface area contributed by atoms with Crippen molar-refractivity contribution in [2.45, 2.75) is 18.4 Å². The predicted octanol–water partition coefficient (Wildman–Crippen LogP) is 4.06. The van der Waals surface area contributed by atoms with E-state index in [1.54, 1.807) is 0 Å². The molecule has 0 aliphatic carbocycles. The van der Waals surface area contributed by atoms with Gasteiger partial charge in [0.05, 0.1) is 17.7 Å². The van der Waals surface area contributed by atoms with Gasteiger partial charge in [-0.15, -0.1) is 0 Å².